The molecule has 0 aliphatic heterocycles. The van der Waals surface area contributed by atoms with E-state index in [0.717, 1.165) is 47.5 Å². The smallest absolute Gasteiger partial charge is 0.115 e. The van der Waals surface area contributed by atoms with Gasteiger partial charge in [-0.15, -0.1) is 0 Å². The van der Waals surface area contributed by atoms with Gasteiger partial charge in [-0.25, -0.2) is 0 Å². The predicted octanol–water partition coefficient (Wildman–Crippen LogP) is 6.27. The van der Waals surface area contributed by atoms with Gasteiger partial charge in [-0.05, 0) is 73.2 Å². The van der Waals surface area contributed by atoms with E-state index in [4.69, 9.17) is 11.6 Å². The molecule has 1 aliphatic carbocycles. The first-order valence-corrected chi connectivity index (χ1v) is 10.9. The zero-order valence-electron chi connectivity index (χ0n) is 18.4. The lowest BCUT2D eigenvalue weighted by Crippen LogP contribution is -2.44. The summed E-state index contributed by atoms with van der Waals surface area (Å²) < 4.78 is 0. The maximum absolute atomic E-state index is 12.2. The average molecular weight is 412 g/mol. The number of halogens is 1. The van der Waals surface area contributed by atoms with Crippen LogP contribution < -0.4 is 0 Å². The average Bonchev–Trinajstić information content (AvgIpc) is 2.66. The lowest BCUT2D eigenvalue weighted by atomic mass is 9.67. The fourth-order valence-corrected chi connectivity index (χ4v) is 4.58. The van der Waals surface area contributed by atoms with Crippen LogP contribution in [-0.2, 0) is 11.0 Å². The molecular weight excluding hydrogens is 378 g/mol. The van der Waals surface area contributed by atoms with Crippen molar-refractivity contribution < 1.29 is 5.11 Å². The monoisotopic (exact) mass is 411 g/mol. The van der Waals surface area contributed by atoms with Gasteiger partial charge in [-0.3, -0.25) is 0 Å². The number of hydrogen-bond donors (Lipinski definition) is 1. The van der Waals surface area contributed by atoms with E-state index in [9.17, 15) is 5.11 Å². The Morgan fingerprint density at radius 3 is 2.24 bits per heavy atom. The highest BCUT2D eigenvalue weighted by Gasteiger charge is 2.44. The van der Waals surface area contributed by atoms with Crippen LogP contribution in [0.1, 0.15) is 56.7 Å². The van der Waals surface area contributed by atoms with Gasteiger partial charge in [0.25, 0.3) is 0 Å². The van der Waals surface area contributed by atoms with E-state index in [1.54, 1.807) is 0 Å². The first-order chi connectivity index (χ1) is 13.6. The highest BCUT2D eigenvalue weighted by molar-refractivity contribution is 6.30. The van der Waals surface area contributed by atoms with Crippen LogP contribution in [0, 0.1) is 5.92 Å². The van der Waals surface area contributed by atoms with Gasteiger partial charge in [0.2, 0.25) is 0 Å². The highest BCUT2D eigenvalue weighted by Crippen LogP contribution is 2.46. The number of hydrogen-bond acceptors (Lipinski definition) is 2. The van der Waals surface area contributed by atoms with Crippen molar-refractivity contribution in [3.63, 3.8) is 0 Å². The molecule has 2 atom stereocenters. The topological polar surface area (TPSA) is 23.5 Å². The molecule has 0 amide bonds. The van der Waals surface area contributed by atoms with E-state index < -0.39 is 5.60 Å². The van der Waals surface area contributed by atoms with Crippen LogP contribution in [-0.4, -0.2) is 30.6 Å². The lowest BCUT2D eigenvalue weighted by molar-refractivity contribution is -0.0174. The maximum Gasteiger partial charge on any atom is 0.115 e. The Labute approximate surface area is 181 Å². The third kappa shape index (κ3) is 4.94. The summed E-state index contributed by atoms with van der Waals surface area (Å²) in [6.07, 6.45) is 5.19. The first-order valence-electron chi connectivity index (χ1n) is 10.6. The summed E-state index contributed by atoms with van der Waals surface area (Å²) >= 11 is 6.06. The second-order valence-electron chi connectivity index (χ2n) is 9.67. The van der Waals surface area contributed by atoms with Gasteiger partial charge < -0.3 is 10.0 Å². The molecule has 2 aromatic rings. The normalized spacial score (nSPS) is 24.3. The highest BCUT2D eigenvalue weighted by atomic mass is 35.5. The molecule has 1 saturated carbocycles. The SMILES string of the molecule is CN(C)CC1CCC/C(=C\c2ccc(Cl)cc2)C1(O)c1ccc(C(C)(C)C)cc1. The number of nitrogens with zero attached hydrogens (tertiary/aromatic N) is 1. The van der Waals surface area contributed by atoms with Gasteiger partial charge in [0, 0.05) is 17.5 Å². The van der Waals surface area contributed by atoms with E-state index >= 15 is 0 Å². The molecule has 0 aromatic heterocycles. The van der Waals surface area contributed by atoms with Crippen molar-refractivity contribution in [1.29, 1.82) is 0 Å². The number of rotatable bonds is 4. The van der Waals surface area contributed by atoms with E-state index in [1.165, 1.54) is 5.56 Å². The van der Waals surface area contributed by atoms with Crippen molar-refractivity contribution in [2.24, 2.45) is 5.92 Å². The molecule has 1 N–H and O–H groups in total. The van der Waals surface area contributed by atoms with Crippen molar-refractivity contribution >= 4 is 17.7 Å². The standard InChI is InChI=1S/C26H34ClNO/c1-25(2,3)20-11-13-21(14-12-20)26(29)22(7-6-8-23(26)18-28(4)5)17-19-9-15-24(27)16-10-19/h9-17,23,29H,6-8,18H2,1-5H3/b22-17+. The van der Waals surface area contributed by atoms with Crippen LogP contribution in [0.5, 0.6) is 0 Å². The van der Waals surface area contributed by atoms with Crippen molar-refractivity contribution in [3.05, 3.63) is 75.8 Å². The molecule has 29 heavy (non-hydrogen) atoms. The van der Waals surface area contributed by atoms with E-state index in [-0.39, 0.29) is 11.3 Å². The third-order valence-electron chi connectivity index (χ3n) is 6.07. The Morgan fingerprint density at radius 2 is 1.69 bits per heavy atom. The molecule has 3 heteroatoms. The predicted molar refractivity (Wildman–Crippen MR) is 124 cm³/mol. The summed E-state index contributed by atoms with van der Waals surface area (Å²) in [5.41, 5.74) is 3.60. The van der Waals surface area contributed by atoms with Gasteiger partial charge >= 0.3 is 0 Å². The van der Waals surface area contributed by atoms with Gasteiger partial charge in [0.05, 0.1) is 0 Å². The Balaban J connectivity index is 2.07. The lowest BCUT2D eigenvalue weighted by Gasteiger charge is -2.44. The van der Waals surface area contributed by atoms with Crippen molar-refractivity contribution in [2.75, 3.05) is 20.6 Å². The largest absolute Gasteiger partial charge is 0.380 e. The molecule has 156 valence electrons. The van der Waals surface area contributed by atoms with E-state index in [0.29, 0.717) is 0 Å². The molecular formula is C26H34ClNO. The summed E-state index contributed by atoms with van der Waals surface area (Å²) in [5.74, 6) is 0.158. The molecule has 2 unspecified atom stereocenters. The second-order valence-corrected chi connectivity index (χ2v) is 10.1. The van der Waals surface area contributed by atoms with Crippen molar-refractivity contribution in [2.45, 2.75) is 51.0 Å². The summed E-state index contributed by atoms with van der Waals surface area (Å²) in [6.45, 7) is 7.52. The molecule has 0 saturated heterocycles. The molecule has 1 aliphatic rings. The van der Waals surface area contributed by atoms with E-state index in [1.807, 2.05) is 24.3 Å². The molecule has 2 aromatic carbocycles. The Morgan fingerprint density at radius 1 is 1.07 bits per heavy atom. The summed E-state index contributed by atoms with van der Waals surface area (Å²) in [4.78, 5) is 2.18. The fourth-order valence-electron chi connectivity index (χ4n) is 4.45. The molecule has 0 radical (unpaired) electrons. The van der Waals surface area contributed by atoms with Gasteiger partial charge in [-0.2, -0.15) is 0 Å². The van der Waals surface area contributed by atoms with Crippen molar-refractivity contribution in [1.82, 2.24) is 4.90 Å². The minimum atomic E-state index is -0.960. The summed E-state index contributed by atoms with van der Waals surface area (Å²) in [5, 5.41) is 12.9. The fraction of sp³-hybridized carbons (Fsp3) is 0.462. The van der Waals surface area contributed by atoms with Gasteiger partial charge in [-0.1, -0.05) is 74.8 Å². The molecule has 1 fully saturated rings. The number of aliphatic hydroxyl groups is 1. The van der Waals surface area contributed by atoms with Crippen molar-refractivity contribution in [3.8, 4) is 0 Å². The second kappa shape index (κ2) is 8.63. The molecule has 0 bridgehead atoms. The quantitative estimate of drug-likeness (QED) is 0.640. The zero-order valence-corrected chi connectivity index (χ0v) is 19.1. The van der Waals surface area contributed by atoms with Crippen LogP contribution in [0.15, 0.2) is 54.1 Å². The Bertz CT molecular complexity index is 846. The minimum Gasteiger partial charge on any atom is -0.380 e. The summed E-state index contributed by atoms with van der Waals surface area (Å²) in [7, 11) is 4.17. The summed E-state index contributed by atoms with van der Waals surface area (Å²) in [6, 6.07) is 16.5. The van der Waals surface area contributed by atoms with Crippen LogP contribution in [0.2, 0.25) is 5.02 Å². The molecule has 3 rings (SSSR count). The van der Waals surface area contributed by atoms with Crippen LogP contribution in [0.4, 0.5) is 0 Å². The Kier molecular flexibility index (Phi) is 6.57. The first kappa shape index (κ1) is 22.1. The maximum atomic E-state index is 12.2. The molecule has 0 spiro atoms. The van der Waals surface area contributed by atoms with Crippen LogP contribution >= 0.6 is 11.6 Å². The van der Waals surface area contributed by atoms with Gasteiger partial charge in [0.15, 0.2) is 0 Å². The van der Waals surface area contributed by atoms with Gasteiger partial charge in [0.1, 0.15) is 5.60 Å². The minimum absolute atomic E-state index is 0.0960. The molecule has 2 nitrogen and oxygen atoms in total. The number of benzene rings is 2. The Hall–Kier alpha value is -1.61. The van der Waals surface area contributed by atoms with Crippen LogP contribution in [0.3, 0.4) is 0 Å². The zero-order chi connectivity index (χ0) is 21.2. The van der Waals surface area contributed by atoms with E-state index in [2.05, 4.69) is 70.1 Å². The third-order valence-corrected chi connectivity index (χ3v) is 6.32. The molecule has 0 heterocycles. The van der Waals surface area contributed by atoms with Crippen LogP contribution in [0.25, 0.3) is 6.08 Å².